The number of anilines is 1. The van der Waals surface area contributed by atoms with Crippen molar-refractivity contribution in [1.82, 2.24) is 9.80 Å². The molecule has 0 atom stereocenters. The first kappa shape index (κ1) is 23.7. The fourth-order valence-corrected chi connectivity index (χ4v) is 3.91. The normalized spacial score (nSPS) is 15.5. The summed E-state index contributed by atoms with van der Waals surface area (Å²) in [5.41, 5.74) is 0.632. The third-order valence-corrected chi connectivity index (χ3v) is 5.85. The lowest BCUT2D eigenvalue weighted by atomic mass is 10.2. The quantitative estimate of drug-likeness (QED) is 0.603. The van der Waals surface area contributed by atoms with Gasteiger partial charge in [-0.2, -0.15) is 0 Å². The van der Waals surface area contributed by atoms with Crippen molar-refractivity contribution < 1.29 is 28.5 Å². The molecular formula is C25H31N3O6. The highest BCUT2D eigenvalue weighted by atomic mass is 16.6. The van der Waals surface area contributed by atoms with Crippen LogP contribution in [0.2, 0.25) is 0 Å². The summed E-state index contributed by atoms with van der Waals surface area (Å²) in [6.07, 6.45) is 0.333. The van der Waals surface area contributed by atoms with Gasteiger partial charge in [0.25, 0.3) is 0 Å². The van der Waals surface area contributed by atoms with E-state index in [-0.39, 0.29) is 24.7 Å². The average Bonchev–Trinajstić information content (AvgIpc) is 2.88. The lowest BCUT2D eigenvalue weighted by Gasteiger charge is -2.34. The molecule has 0 spiro atoms. The fourth-order valence-electron chi connectivity index (χ4n) is 3.91. The zero-order chi connectivity index (χ0) is 23.8. The number of hydrogen-bond donors (Lipinski definition) is 1. The predicted molar refractivity (Wildman–Crippen MR) is 127 cm³/mol. The minimum Gasteiger partial charge on any atom is -0.497 e. The maximum absolute atomic E-state index is 12.6. The number of rotatable bonds is 9. The zero-order valence-corrected chi connectivity index (χ0v) is 19.5. The molecule has 9 nitrogen and oxygen atoms in total. The Kier molecular flexibility index (Phi) is 8.08. The van der Waals surface area contributed by atoms with Gasteiger partial charge < -0.3 is 29.2 Å². The van der Waals surface area contributed by atoms with E-state index in [1.807, 2.05) is 29.2 Å². The molecule has 2 aromatic carbocycles. The van der Waals surface area contributed by atoms with Crippen LogP contribution in [-0.4, -0.2) is 81.3 Å². The average molecular weight is 470 g/mol. The first-order chi connectivity index (χ1) is 16.6. The summed E-state index contributed by atoms with van der Waals surface area (Å²) in [5, 5.41) is 2.83. The Morgan fingerprint density at radius 1 is 0.912 bits per heavy atom. The summed E-state index contributed by atoms with van der Waals surface area (Å²) in [4.78, 5) is 29.0. The third-order valence-electron chi connectivity index (χ3n) is 5.85. The largest absolute Gasteiger partial charge is 0.497 e. The molecule has 0 aromatic heterocycles. The van der Waals surface area contributed by atoms with Crippen LogP contribution in [0.15, 0.2) is 42.5 Å². The maximum Gasteiger partial charge on any atom is 0.224 e. The van der Waals surface area contributed by atoms with E-state index in [1.54, 1.807) is 25.3 Å². The SMILES string of the molecule is COc1ccc(OCCN2CCN(C(=O)CCC(=O)Nc3ccc4c(c3)OCCO4)CC2)cc1. The topological polar surface area (TPSA) is 89.6 Å². The maximum atomic E-state index is 12.6. The first-order valence-corrected chi connectivity index (χ1v) is 11.6. The number of carbonyl (C=O) groups is 2. The van der Waals surface area contributed by atoms with Gasteiger partial charge in [-0.15, -0.1) is 0 Å². The van der Waals surface area contributed by atoms with E-state index in [2.05, 4.69) is 10.2 Å². The smallest absolute Gasteiger partial charge is 0.224 e. The van der Waals surface area contributed by atoms with Crippen LogP contribution in [-0.2, 0) is 9.59 Å². The Morgan fingerprint density at radius 3 is 2.35 bits per heavy atom. The zero-order valence-electron chi connectivity index (χ0n) is 19.5. The Balaban J connectivity index is 1.12. The van der Waals surface area contributed by atoms with Gasteiger partial charge >= 0.3 is 0 Å². The molecule has 9 heteroatoms. The number of ether oxygens (including phenoxy) is 4. The second kappa shape index (κ2) is 11.6. The highest BCUT2D eigenvalue weighted by molar-refractivity contribution is 5.93. The standard InChI is InChI=1S/C25H31N3O6/c1-31-20-3-5-21(6-4-20)32-15-14-27-10-12-28(13-11-27)25(30)9-8-24(29)26-19-2-7-22-23(18-19)34-17-16-33-22/h2-7,18H,8-17H2,1H3,(H,26,29). The van der Waals surface area contributed by atoms with Gasteiger partial charge in [0, 0.05) is 57.3 Å². The van der Waals surface area contributed by atoms with Gasteiger partial charge in [-0.1, -0.05) is 0 Å². The van der Waals surface area contributed by atoms with Gasteiger partial charge in [0.1, 0.15) is 31.3 Å². The number of nitrogens with one attached hydrogen (secondary N) is 1. The number of hydrogen-bond acceptors (Lipinski definition) is 7. The Bertz CT molecular complexity index is 973. The van der Waals surface area contributed by atoms with Crippen molar-refractivity contribution in [3.63, 3.8) is 0 Å². The Hall–Kier alpha value is -3.46. The van der Waals surface area contributed by atoms with Crippen LogP contribution in [0.4, 0.5) is 5.69 Å². The highest BCUT2D eigenvalue weighted by Crippen LogP contribution is 2.32. The van der Waals surface area contributed by atoms with E-state index in [4.69, 9.17) is 18.9 Å². The van der Waals surface area contributed by atoms with E-state index in [9.17, 15) is 9.59 Å². The van der Waals surface area contributed by atoms with E-state index in [0.717, 1.165) is 31.1 Å². The van der Waals surface area contributed by atoms with Gasteiger partial charge in [-0.25, -0.2) is 0 Å². The number of piperazine rings is 1. The van der Waals surface area contributed by atoms with Crippen molar-refractivity contribution in [1.29, 1.82) is 0 Å². The summed E-state index contributed by atoms with van der Waals surface area (Å²) in [7, 11) is 1.64. The summed E-state index contributed by atoms with van der Waals surface area (Å²) in [6.45, 7) is 5.29. The second-order valence-electron chi connectivity index (χ2n) is 8.15. The summed E-state index contributed by atoms with van der Waals surface area (Å²) in [6, 6.07) is 12.8. The number of carbonyl (C=O) groups excluding carboxylic acids is 2. The highest BCUT2D eigenvalue weighted by Gasteiger charge is 2.21. The molecule has 1 fully saturated rings. The molecule has 2 aromatic rings. The lowest BCUT2D eigenvalue weighted by molar-refractivity contribution is -0.134. The molecule has 2 aliphatic heterocycles. The van der Waals surface area contributed by atoms with Crippen LogP contribution in [0.3, 0.4) is 0 Å². The third kappa shape index (κ3) is 6.54. The molecular weight excluding hydrogens is 438 g/mol. The number of benzene rings is 2. The van der Waals surface area contributed by atoms with Gasteiger partial charge in [-0.3, -0.25) is 14.5 Å². The number of nitrogens with zero attached hydrogens (tertiary/aromatic N) is 2. The first-order valence-electron chi connectivity index (χ1n) is 11.6. The summed E-state index contributed by atoms with van der Waals surface area (Å²) >= 11 is 0. The molecule has 2 amide bonds. The number of amides is 2. The monoisotopic (exact) mass is 469 g/mol. The minimum atomic E-state index is -0.195. The number of fused-ring (bicyclic) bond motifs is 1. The van der Waals surface area contributed by atoms with Gasteiger partial charge in [0.2, 0.25) is 11.8 Å². The molecule has 34 heavy (non-hydrogen) atoms. The van der Waals surface area contributed by atoms with E-state index >= 15 is 0 Å². The van der Waals surface area contributed by atoms with Gasteiger partial charge in [-0.05, 0) is 36.4 Å². The van der Waals surface area contributed by atoms with E-state index < -0.39 is 0 Å². The molecule has 182 valence electrons. The number of methoxy groups -OCH3 is 1. The van der Waals surface area contributed by atoms with Crippen molar-refractivity contribution in [2.45, 2.75) is 12.8 Å². The molecule has 2 heterocycles. The minimum absolute atomic E-state index is 0.00598. The van der Waals surface area contributed by atoms with E-state index in [1.165, 1.54) is 0 Å². The Labute approximate surface area is 199 Å². The fraction of sp³-hybridized carbons (Fsp3) is 0.440. The molecule has 4 rings (SSSR count). The Morgan fingerprint density at radius 2 is 1.62 bits per heavy atom. The molecule has 0 bridgehead atoms. The lowest BCUT2D eigenvalue weighted by Crippen LogP contribution is -2.49. The van der Waals surface area contributed by atoms with Crippen LogP contribution in [0.5, 0.6) is 23.0 Å². The molecule has 1 saturated heterocycles. The molecule has 2 aliphatic rings. The molecule has 0 radical (unpaired) electrons. The molecule has 1 N–H and O–H groups in total. The van der Waals surface area contributed by atoms with Crippen LogP contribution in [0, 0.1) is 0 Å². The predicted octanol–water partition coefficient (Wildman–Crippen LogP) is 2.41. The molecule has 0 saturated carbocycles. The second-order valence-corrected chi connectivity index (χ2v) is 8.15. The molecule has 0 aliphatic carbocycles. The van der Waals surface area contributed by atoms with Gasteiger partial charge in [0.15, 0.2) is 11.5 Å². The van der Waals surface area contributed by atoms with Crippen LogP contribution in [0.1, 0.15) is 12.8 Å². The van der Waals surface area contributed by atoms with Crippen molar-refractivity contribution in [2.24, 2.45) is 0 Å². The van der Waals surface area contributed by atoms with Gasteiger partial charge in [0.05, 0.1) is 7.11 Å². The van der Waals surface area contributed by atoms with Crippen LogP contribution >= 0.6 is 0 Å². The van der Waals surface area contributed by atoms with Crippen molar-refractivity contribution >= 4 is 17.5 Å². The molecule has 0 unspecified atom stereocenters. The van der Waals surface area contributed by atoms with Crippen molar-refractivity contribution in [3.05, 3.63) is 42.5 Å². The van der Waals surface area contributed by atoms with Crippen LogP contribution < -0.4 is 24.3 Å². The van der Waals surface area contributed by atoms with E-state index in [0.29, 0.717) is 50.1 Å². The van der Waals surface area contributed by atoms with Crippen molar-refractivity contribution in [3.8, 4) is 23.0 Å². The summed E-state index contributed by atoms with van der Waals surface area (Å²) < 4.78 is 22.0. The summed E-state index contributed by atoms with van der Waals surface area (Å²) in [5.74, 6) is 2.71. The van der Waals surface area contributed by atoms with Crippen LogP contribution in [0.25, 0.3) is 0 Å². The van der Waals surface area contributed by atoms with Crippen molar-refractivity contribution in [2.75, 3.05) is 65.0 Å².